The number of benzene rings is 1. The van der Waals surface area contributed by atoms with Gasteiger partial charge in [-0.1, -0.05) is 12.8 Å². The molecule has 0 spiro atoms. The molecule has 1 amide bonds. The normalized spacial score (nSPS) is 15.9. The molecule has 2 rings (SSSR count). The van der Waals surface area contributed by atoms with Crippen molar-refractivity contribution >= 4 is 30.0 Å². The van der Waals surface area contributed by atoms with Gasteiger partial charge in [-0.3, -0.25) is 4.79 Å². The highest BCUT2D eigenvalue weighted by Gasteiger charge is 2.36. The van der Waals surface area contributed by atoms with E-state index >= 15 is 0 Å². The quantitative estimate of drug-likeness (QED) is 0.837. The number of hydrogen-bond donors (Lipinski definition) is 2. The molecule has 1 aliphatic rings. The molecule has 21 heavy (non-hydrogen) atoms. The average Bonchev–Trinajstić information content (AvgIpc) is 2.88. The summed E-state index contributed by atoms with van der Waals surface area (Å²) in [7, 11) is 0. The minimum Gasteiger partial charge on any atom is -0.462 e. The summed E-state index contributed by atoms with van der Waals surface area (Å²) in [5, 5.41) is 2.81. The van der Waals surface area contributed by atoms with Crippen LogP contribution in [0.3, 0.4) is 0 Å². The van der Waals surface area contributed by atoms with Crippen molar-refractivity contribution in [2.75, 3.05) is 11.9 Å². The lowest BCUT2D eigenvalue weighted by molar-refractivity contribution is -0.121. The Bertz CT molecular complexity index is 496. The minimum atomic E-state index is -0.750. The highest BCUT2D eigenvalue weighted by atomic mass is 35.5. The Balaban J connectivity index is 0.00000220. The molecule has 0 atom stereocenters. The Morgan fingerprint density at radius 1 is 1.24 bits per heavy atom. The Hall–Kier alpha value is -1.59. The van der Waals surface area contributed by atoms with Gasteiger partial charge in [0.25, 0.3) is 0 Å². The number of nitrogens with one attached hydrogen (secondary N) is 1. The summed E-state index contributed by atoms with van der Waals surface area (Å²) in [6.07, 6.45) is 3.43. The summed E-state index contributed by atoms with van der Waals surface area (Å²) in [6, 6.07) is 6.63. The van der Waals surface area contributed by atoms with Gasteiger partial charge < -0.3 is 15.8 Å². The molecule has 1 aromatic carbocycles. The molecule has 3 N–H and O–H groups in total. The summed E-state index contributed by atoms with van der Waals surface area (Å²) in [5.41, 5.74) is 6.44. The van der Waals surface area contributed by atoms with E-state index in [4.69, 9.17) is 10.5 Å². The lowest BCUT2D eigenvalue weighted by Gasteiger charge is -2.22. The molecular weight excluding hydrogens is 292 g/mol. The third-order valence-corrected chi connectivity index (χ3v) is 3.60. The molecular formula is C15H21ClN2O3. The van der Waals surface area contributed by atoms with Crippen LogP contribution < -0.4 is 11.1 Å². The van der Waals surface area contributed by atoms with Crippen LogP contribution >= 0.6 is 12.4 Å². The number of halogens is 1. The predicted molar refractivity (Wildman–Crippen MR) is 83.7 cm³/mol. The molecule has 1 aromatic rings. The van der Waals surface area contributed by atoms with Crippen LogP contribution in [0.25, 0.3) is 0 Å². The van der Waals surface area contributed by atoms with Crippen molar-refractivity contribution in [3.05, 3.63) is 29.8 Å². The SMILES string of the molecule is CCOC(=O)c1ccc(NC(=O)C2(N)CCCC2)cc1.Cl. The lowest BCUT2D eigenvalue weighted by atomic mass is 9.98. The number of hydrogen-bond acceptors (Lipinski definition) is 4. The van der Waals surface area contributed by atoms with Crippen LogP contribution in [-0.4, -0.2) is 24.0 Å². The van der Waals surface area contributed by atoms with E-state index in [1.807, 2.05) is 0 Å². The summed E-state index contributed by atoms with van der Waals surface area (Å²) in [6.45, 7) is 2.10. The Morgan fingerprint density at radius 2 is 1.81 bits per heavy atom. The fourth-order valence-electron chi connectivity index (χ4n) is 2.39. The van der Waals surface area contributed by atoms with Crippen LogP contribution in [0.2, 0.25) is 0 Å². The van der Waals surface area contributed by atoms with E-state index < -0.39 is 5.54 Å². The molecule has 1 fully saturated rings. The first-order valence-electron chi connectivity index (χ1n) is 6.93. The number of rotatable bonds is 4. The maximum Gasteiger partial charge on any atom is 0.338 e. The summed E-state index contributed by atoms with van der Waals surface area (Å²) >= 11 is 0. The first-order valence-corrected chi connectivity index (χ1v) is 6.93. The van der Waals surface area contributed by atoms with Crippen LogP contribution in [0.4, 0.5) is 5.69 Å². The number of anilines is 1. The first-order chi connectivity index (χ1) is 9.55. The minimum absolute atomic E-state index is 0. The first kappa shape index (κ1) is 17.5. The van der Waals surface area contributed by atoms with Gasteiger partial charge in [0.15, 0.2) is 0 Å². The third-order valence-electron chi connectivity index (χ3n) is 3.60. The zero-order valence-corrected chi connectivity index (χ0v) is 12.9. The molecule has 0 aliphatic heterocycles. The van der Waals surface area contributed by atoms with Gasteiger partial charge in [-0.2, -0.15) is 0 Å². The number of carbonyl (C=O) groups excluding carboxylic acids is 2. The van der Waals surface area contributed by atoms with Gasteiger partial charge in [-0.05, 0) is 44.0 Å². The molecule has 0 radical (unpaired) electrons. The van der Waals surface area contributed by atoms with E-state index in [1.54, 1.807) is 31.2 Å². The second-order valence-corrected chi connectivity index (χ2v) is 5.12. The molecule has 5 nitrogen and oxygen atoms in total. The zero-order chi connectivity index (χ0) is 14.6. The largest absolute Gasteiger partial charge is 0.462 e. The van der Waals surface area contributed by atoms with Gasteiger partial charge >= 0.3 is 5.97 Å². The van der Waals surface area contributed by atoms with Crippen molar-refractivity contribution in [1.82, 2.24) is 0 Å². The van der Waals surface area contributed by atoms with E-state index in [2.05, 4.69) is 5.32 Å². The van der Waals surface area contributed by atoms with Crippen LogP contribution in [0.15, 0.2) is 24.3 Å². The van der Waals surface area contributed by atoms with E-state index in [0.717, 1.165) is 25.7 Å². The highest BCUT2D eigenvalue weighted by molar-refractivity contribution is 5.98. The van der Waals surface area contributed by atoms with Crippen molar-refractivity contribution in [2.24, 2.45) is 5.73 Å². The molecule has 0 heterocycles. The van der Waals surface area contributed by atoms with E-state index in [9.17, 15) is 9.59 Å². The van der Waals surface area contributed by atoms with Gasteiger partial charge in [0.2, 0.25) is 5.91 Å². The standard InChI is InChI=1S/C15H20N2O3.ClH/c1-2-20-13(18)11-5-7-12(8-6-11)17-14(19)15(16)9-3-4-10-15;/h5-8H,2-4,9-10,16H2,1H3,(H,17,19);1H. The zero-order valence-electron chi connectivity index (χ0n) is 12.1. The maximum atomic E-state index is 12.1. The third kappa shape index (κ3) is 4.19. The maximum absolute atomic E-state index is 12.1. The van der Waals surface area contributed by atoms with Gasteiger partial charge in [0, 0.05) is 5.69 Å². The van der Waals surface area contributed by atoms with Gasteiger partial charge in [-0.25, -0.2) is 4.79 Å². The number of carbonyl (C=O) groups is 2. The Labute approximate surface area is 130 Å². The van der Waals surface area contributed by atoms with Gasteiger partial charge in [-0.15, -0.1) is 12.4 Å². The molecule has 1 saturated carbocycles. The van der Waals surface area contributed by atoms with Crippen molar-refractivity contribution in [2.45, 2.75) is 38.1 Å². The number of amides is 1. The van der Waals surface area contributed by atoms with E-state index in [1.165, 1.54) is 0 Å². The monoisotopic (exact) mass is 312 g/mol. The molecule has 0 unspecified atom stereocenters. The van der Waals surface area contributed by atoms with Crippen molar-refractivity contribution < 1.29 is 14.3 Å². The number of ether oxygens (including phenoxy) is 1. The van der Waals surface area contributed by atoms with Crippen molar-refractivity contribution in [3.8, 4) is 0 Å². The second-order valence-electron chi connectivity index (χ2n) is 5.12. The molecule has 1 aliphatic carbocycles. The predicted octanol–water partition coefficient (Wildman–Crippen LogP) is 2.50. The molecule has 0 bridgehead atoms. The van der Waals surface area contributed by atoms with Crippen LogP contribution in [0.5, 0.6) is 0 Å². The average molecular weight is 313 g/mol. The Morgan fingerprint density at radius 3 is 2.33 bits per heavy atom. The van der Waals surface area contributed by atoms with Gasteiger partial charge in [0.1, 0.15) is 0 Å². The fourth-order valence-corrected chi connectivity index (χ4v) is 2.39. The molecule has 6 heteroatoms. The molecule has 0 saturated heterocycles. The smallest absolute Gasteiger partial charge is 0.338 e. The summed E-state index contributed by atoms with van der Waals surface area (Å²) in [4.78, 5) is 23.6. The molecule has 116 valence electrons. The van der Waals surface area contributed by atoms with Crippen LogP contribution in [0.1, 0.15) is 43.0 Å². The van der Waals surface area contributed by atoms with Crippen molar-refractivity contribution in [3.63, 3.8) is 0 Å². The summed E-state index contributed by atoms with van der Waals surface area (Å²) < 4.78 is 4.90. The highest BCUT2D eigenvalue weighted by Crippen LogP contribution is 2.28. The van der Waals surface area contributed by atoms with Crippen LogP contribution in [0, 0.1) is 0 Å². The number of nitrogens with two attached hydrogens (primary N) is 1. The van der Waals surface area contributed by atoms with Crippen LogP contribution in [-0.2, 0) is 9.53 Å². The van der Waals surface area contributed by atoms with E-state index in [0.29, 0.717) is 17.9 Å². The summed E-state index contributed by atoms with van der Waals surface area (Å²) in [5.74, 6) is -0.518. The van der Waals surface area contributed by atoms with Crippen molar-refractivity contribution in [1.29, 1.82) is 0 Å². The Kier molecular flexibility index (Phi) is 6.18. The fraction of sp³-hybridized carbons (Fsp3) is 0.467. The lowest BCUT2D eigenvalue weighted by Crippen LogP contribution is -2.48. The van der Waals surface area contributed by atoms with E-state index in [-0.39, 0.29) is 24.3 Å². The number of esters is 1. The topological polar surface area (TPSA) is 81.4 Å². The van der Waals surface area contributed by atoms with Gasteiger partial charge in [0.05, 0.1) is 17.7 Å². The second kappa shape index (κ2) is 7.43. The molecule has 0 aromatic heterocycles.